The fourth-order valence-corrected chi connectivity index (χ4v) is 3.46. The summed E-state index contributed by atoms with van der Waals surface area (Å²) in [4.78, 5) is 23.3. The first kappa shape index (κ1) is 16.7. The smallest absolute Gasteiger partial charge is 0.408 e. The van der Waals surface area contributed by atoms with Crippen LogP contribution in [0.5, 0.6) is 0 Å². The molecule has 0 aromatic rings. The summed E-state index contributed by atoms with van der Waals surface area (Å²) in [5, 5.41) is 5.02. The van der Waals surface area contributed by atoms with E-state index in [2.05, 4.69) is 10.6 Å². The average Bonchev–Trinajstić information content (AvgIpc) is 2.54. The van der Waals surface area contributed by atoms with Gasteiger partial charge in [-0.05, 0) is 34.1 Å². The van der Waals surface area contributed by atoms with Crippen LogP contribution in [0.3, 0.4) is 0 Å². The molecule has 116 valence electrons. The van der Waals surface area contributed by atoms with Crippen molar-refractivity contribution in [3.8, 4) is 0 Å². The number of ether oxygens (including phenoxy) is 1. The minimum Gasteiger partial charge on any atom is -0.444 e. The maximum Gasteiger partial charge on any atom is 0.408 e. The van der Waals surface area contributed by atoms with Crippen LogP contribution in [-0.4, -0.2) is 49.6 Å². The van der Waals surface area contributed by atoms with E-state index in [4.69, 9.17) is 4.74 Å². The van der Waals surface area contributed by atoms with E-state index in [9.17, 15) is 18.0 Å². The Hall–Kier alpha value is -1.31. The van der Waals surface area contributed by atoms with Crippen molar-refractivity contribution in [1.29, 1.82) is 0 Å². The van der Waals surface area contributed by atoms with Gasteiger partial charge in [0.05, 0.1) is 11.5 Å². The normalized spacial score (nSPS) is 22.9. The standard InChI is InChI=1S/C12H22N2O5S/c1-8(13-11(16)19-12(2,3)4)10(15)14-9-5-6-20(17,18)7-9/h8-9H,5-7H2,1-4H3,(H,13,16)(H,14,15). The number of hydrogen-bond acceptors (Lipinski definition) is 5. The molecule has 0 aromatic heterocycles. The van der Waals surface area contributed by atoms with Crippen molar-refractivity contribution in [1.82, 2.24) is 10.6 Å². The topological polar surface area (TPSA) is 102 Å². The second kappa shape index (κ2) is 5.99. The van der Waals surface area contributed by atoms with Crippen molar-refractivity contribution < 1.29 is 22.7 Å². The summed E-state index contributed by atoms with van der Waals surface area (Å²) >= 11 is 0. The summed E-state index contributed by atoms with van der Waals surface area (Å²) < 4.78 is 27.6. The van der Waals surface area contributed by atoms with E-state index in [0.29, 0.717) is 6.42 Å². The quantitative estimate of drug-likeness (QED) is 0.776. The Bertz CT molecular complexity index is 481. The number of sulfone groups is 1. The molecule has 1 fully saturated rings. The van der Waals surface area contributed by atoms with Crippen LogP contribution in [0.1, 0.15) is 34.1 Å². The molecule has 20 heavy (non-hydrogen) atoms. The van der Waals surface area contributed by atoms with Crippen molar-refractivity contribution in [3.63, 3.8) is 0 Å². The number of alkyl carbamates (subject to hydrolysis) is 1. The number of amides is 2. The van der Waals surface area contributed by atoms with Gasteiger partial charge < -0.3 is 15.4 Å². The summed E-state index contributed by atoms with van der Waals surface area (Å²) in [5.74, 6) is -0.373. The first-order valence-electron chi connectivity index (χ1n) is 6.49. The molecule has 1 aliphatic rings. The third kappa shape index (κ3) is 5.77. The molecule has 1 rings (SSSR count). The van der Waals surface area contributed by atoms with Crippen LogP contribution >= 0.6 is 0 Å². The molecular weight excluding hydrogens is 284 g/mol. The minimum absolute atomic E-state index is 0.0438. The van der Waals surface area contributed by atoms with Crippen LogP contribution in [0.15, 0.2) is 0 Å². The van der Waals surface area contributed by atoms with Crippen LogP contribution < -0.4 is 10.6 Å². The predicted octanol–water partition coefficient (Wildman–Crippen LogP) is 0.203. The summed E-state index contributed by atoms with van der Waals surface area (Å²) in [6.45, 7) is 6.69. The molecule has 0 aliphatic carbocycles. The Morgan fingerprint density at radius 1 is 1.30 bits per heavy atom. The Morgan fingerprint density at radius 3 is 2.35 bits per heavy atom. The third-order valence-corrected chi connectivity index (χ3v) is 4.47. The lowest BCUT2D eigenvalue weighted by molar-refractivity contribution is -0.123. The molecule has 8 heteroatoms. The fraction of sp³-hybridized carbons (Fsp3) is 0.833. The van der Waals surface area contributed by atoms with Gasteiger partial charge in [0.2, 0.25) is 5.91 Å². The molecular formula is C12H22N2O5S. The average molecular weight is 306 g/mol. The van der Waals surface area contributed by atoms with Crippen LogP contribution in [0.2, 0.25) is 0 Å². The summed E-state index contributed by atoms with van der Waals surface area (Å²) in [6, 6.07) is -1.16. The van der Waals surface area contributed by atoms with Crippen molar-refractivity contribution in [2.24, 2.45) is 0 Å². The summed E-state index contributed by atoms with van der Waals surface area (Å²) in [5.41, 5.74) is -0.639. The number of hydrogen-bond donors (Lipinski definition) is 2. The van der Waals surface area contributed by atoms with Crippen molar-refractivity contribution in [2.75, 3.05) is 11.5 Å². The first-order chi connectivity index (χ1) is 8.98. The van der Waals surface area contributed by atoms with E-state index in [-0.39, 0.29) is 17.5 Å². The van der Waals surface area contributed by atoms with Crippen LogP contribution in [-0.2, 0) is 19.4 Å². The first-order valence-corrected chi connectivity index (χ1v) is 8.31. The van der Waals surface area contributed by atoms with Gasteiger partial charge in [0, 0.05) is 6.04 Å². The van der Waals surface area contributed by atoms with Gasteiger partial charge in [-0.1, -0.05) is 0 Å². The number of carbonyl (C=O) groups is 2. The Labute approximate surface area is 119 Å². The molecule has 0 saturated carbocycles. The van der Waals surface area contributed by atoms with E-state index < -0.39 is 33.5 Å². The van der Waals surface area contributed by atoms with E-state index >= 15 is 0 Å². The van der Waals surface area contributed by atoms with E-state index in [1.54, 1.807) is 20.8 Å². The highest BCUT2D eigenvalue weighted by atomic mass is 32.2. The molecule has 2 amide bonds. The fourth-order valence-electron chi connectivity index (χ4n) is 1.78. The zero-order valence-corrected chi connectivity index (χ0v) is 13.0. The lowest BCUT2D eigenvalue weighted by Gasteiger charge is -2.22. The maximum absolute atomic E-state index is 11.8. The number of nitrogens with one attached hydrogen (secondary N) is 2. The molecule has 0 bridgehead atoms. The number of rotatable bonds is 3. The molecule has 1 aliphatic heterocycles. The van der Waals surface area contributed by atoms with Crippen LogP contribution in [0.4, 0.5) is 4.79 Å². The molecule has 0 radical (unpaired) electrons. The highest BCUT2D eigenvalue weighted by molar-refractivity contribution is 7.91. The highest BCUT2D eigenvalue weighted by Gasteiger charge is 2.30. The lowest BCUT2D eigenvalue weighted by atomic mass is 10.2. The Kier molecular flexibility index (Phi) is 5.01. The summed E-state index contributed by atoms with van der Waals surface area (Å²) in [6.07, 6.45) is -0.271. The van der Waals surface area contributed by atoms with Gasteiger partial charge in [0.1, 0.15) is 11.6 Å². The van der Waals surface area contributed by atoms with Gasteiger partial charge in [-0.3, -0.25) is 4.79 Å². The molecule has 0 aromatic carbocycles. The van der Waals surface area contributed by atoms with E-state index in [1.165, 1.54) is 6.92 Å². The van der Waals surface area contributed by atoms with Gasteiger partial charge in [-0.25, -0.2) is 13.2 Å². The van der Waals surface area contributed by atoms with E-state index in [1.807, 2.05) is 0 Å². The zero-order chi connectivity index (χ0) is 15.6. The van der Waals surface area contributed by atoms with Gasteiger partial charge >= 0.3 is 6.09 Å². The van der Waals surface area contributed by atoms with Crippen LogP contribution in [0.25, 0.3) is 0 Å². The molecule has 0 spiro atoms. The second-order valence-corrected chi connectivity index (χ2v) is 8.21. The Morgan fingerprint density at radius 2 is 1.90 bits per heavy atom. The SMILES string of the molecule is CC(NC(=O)OC(C)(C)C)C(=O)NC1CCS(=O)(=O)C1. The van der Waals surface area contributed by atoms with Crippen LogP contribution in [0, 0.1) is 0 Å². The lowest BCUT2D eigenvalue weighted by Crippen LogP contribution is -2.49. The number of carbonyl (C=O) groups excluding carboxylic acids is 2. The Balaban J connectivity index is 2.42. The minimum atomic E-state index is -3.04. The van der Waals surface area contributed by atoms with Gasteiger partial charge in [-0.2, -0.15) is 0 Å². The molecule has 2 unspecified atom stereocenters. The molecule has 2 N–H and O–H groups in total. The monoisotopic (exact) mass is 306 g/mol. The molecule has 1 saturated heterocycles. The predicted molar refractivity (Wildman–Crippen MR) is 74.0 cm³/mol. The molecule has 2 atom stereocenters. The maximum atomic E-state index is 11.8. The highest BCUT2D eigenvalue weighted by Crippen LogP contribution is 2.11. The molecule has 1 heterocycles. The largest absolute Gasteiger partial charge is 0.444 e. The van der Waals surface area contributed by atoms with Gasteiger partial charge in [-0.15, -0.1) is 0 Å². The third-order valence-electron chi connectivity index (χ3n) is 2.71. The van der Waals surface area contributed by atoms with Crippen molar-refractivity contribution in [3.05, 3.63) is 0 Å². The molecule has 7 nitrogen and oxygen atoms in total. The van der Waals surface area contributed by atoms with Crippen molar-refractivity contribution in [2.45, 2.75) is 51.8 Å². The zero-order valence-electron chi connectivity index (χ0n) is 12.2. The second-order valence-electron chi connectivity index (χ2n) is 5.98. The summed E-state index contributed by atoms with van der Waals surface area (Å²) in [7, 11) is -3.04. The van der Waals surface area contributed by atoms with Gasteiger partial charge in [0.15, 0.2) is 9.84 Å². The van der Waals surface area contributed by atoms with Gasteiger partial charge in [0.25, 0.3) is 0 Å². The van der Waals surface area contributed by atoms with Crippen molar-refractivity contribution >= 4 is 21.8 Å². The van der Waals surface area contributed by atoms with E-state index in [0.717, 1.165) is 0 Å².